The lowest BCUT2D eigenvalue weighted by Gasteiger charge is -2.36. The number of morpholine rings is 1. The molecule has 2 aliphatic rings. The number of hydrogen-bond donors (Lipinski definition) is 0. The predicted octanol–water partition coefficient (Wildman–Crippen LogP) is 0.884. The fourth-order valence-electron chi connectivity index (χ4n) is 3.22. The van der Waals surface area contributed by atoms with Crippen LogP contribution in [0, 0.1) is 5.82 Å². The smallest absolute Gasteiger partial charge is 0.249 e. The van der Waals surface area contributed by atoms with Gasteiger partial charge in [0.15, 0.2) is 0 Å². The van der Waals surface area contributed by atoms with E-state index >= 15 is 0 Å². The van der Waals surface area contributed by atoms with E-state index in [0.717, 1.165) is 6.54 Å². The van der Waals surface area contributed by atoms with Gasteiger partial charge in [0.25, 0.3) is 0 Å². The summed E-state index contributed by atoms with van der Waals surface area (Å²) in [6, 6.07) is 6.83. The van der Waals surface area contributed by atoms with Gasteiger partial charge in [-0.2, -0.15) is 0 Å². The standard InChI is InChI=1S/C16H21FN2O3/c1-21-7-6-19-14-9-18(10-15(14)22-11-16(19)20)8-12-4-2-3-5-13(12)17/h2-5,14-15H,6-11H2,1H3/t14-,15-/m0/s1. The molecule has 2 aliphatic heterocycles. The normalized spacial score (nSPS) is 25.5. The highest BCUT2D eigenvalue weighted by atomic mass is 19.1. The van der Waals surface area contributed by atoms with Gasteiger partial charge in [0.05, 0.1) is 18.8 Å². The van der Waals surface area contributed by atoms with Gasteiger partial charge >= 0.3 is 0 Å². The Labute approximate surface area is 129 Å². The zero-order valence-electron chi connectivity index (χ0n) is 12.7. The van der Waals surface area contributed by atoms with E-state index in [9.17, 15) is 9.18 Å². The molecule has 2 fully saturated rings. The second-order valence-electron chi connectivity index (χ2n) is 5.78. The number of ether oxygens (including phenoxy) is 2. The Kier molecular flexibility index (Phi) is 4.71. The zero-order chi connectivity index (χ0) is 15.5. The Morgan fingerprint density at radius 1 is 1.36 bits per heavy atom. The number of fused-ring (bicyclic) bond motifs is 1. The first-order chi connectivity index (χ1) is 10.7. The highest BCUT2D eigenvalue weighted by Crippen LogP contribution is 2.25. The first kappa shape index (κ1) is 15.4. The third-order valence-electron chi connectivity index (χ3n) is 4.34. The second kappa shape index (κ2) is 6.73. The van der Waals surface area contributed by atoms with Crippen molar-refractivity contribution in [3.8, 4) is 0 Å². The summed E-state index contributed by atoms with van der Waals surface area (Å²) in [6.45, 7) is 3.17. The Balaban J connectivity index is 1.67. The number of carbonyl (C=O) groups excluding carboxylic acids is 1. The van der Waals surface area contributed by atoms with Crippen LogP contribution in [-0.4, -0.2) is 67.8 Å². The van der Waals surface area contributed by atoms with Gasteiger partial charge in [0.2, 0.25) is 5.91 Å². The fourth-order valence-corrected chi connectivity index (χ4v) is 3.22. The van der Waals surface area contributed by atoms with Crippen molar-refractivity contribution in [3.63, 3.8) is 0 Å². The Bertz CT molecular complexity index is 540. The number of benzene rings is 1. The fraction of sp³-hybridized carbons (Fsp3) is 0.562. The quantitative estimate of drug-likeness (QED) is 0.810. The van der Waals surface area contributed by atoms with Crippen LogP contribution in [0.15, 0.2) is 24.3 Å². The number of likely N-dealkylation sites (tertiary alicyclic amines) is 1. The number of methoxy groups -OCH3 is 1. The molecule has 1 aromatic rings. The number of carbonyl (C=O) groups is 1. The molecule has 0 bridgehead atoms. The third-order valence-corrected chi connectivity index (χ3v) is 4.34. The lowest BCUT2D eigenvalue weighted by Crippen LogP contribution is -2.54. The maximum absolute atomic E-state index is 13.8. The van der Waals surface area contributed by atoms with Gasteiger partial charge in [0, 0.05) is 38.9 Å². The summed E-state index contributed by atoms with van der Waals surface area (Å²) in [4.78, 5) is 16.0. The van der Waals surface area contributed by atoms with Crippen LogP contribution in [0.1, 0.15) is 5.56 Å². The lowest BCUT2D eigenvalue weighted by atomic mass is 10.1. The minimum atomic E-state index is -0.189. The maximum atomic E-state index is 13.8. The number of nitrogens with zero attached hydrogens (tertiary/aromatic N) is 2. The van der Waals surface area contributed by atoms with Crippen molar-refractivity contribution < 1.29 is 18.7 Å². The van der Waals surface area contributed by atoms with Crippen LogP contribution < -0.4 is 0 Å². The summed E-state index contributed by atoms with van der Waals surface area (Å²) in [7, 11) is 1.63. The van der Waals surface area contributed by atoms with E-state index in [1.807, 2.05) is 11.0 Å². The van der Waals surface area contributed by atoms with Gasteiger partial charge in [-0.3, -0.25) is 9.69 Å². The van der Waals surface area contributed by atoms with Crippen molar-refractivity contribution in [2.75, 3.05) is 40.0 Å². The molecule has 5 nitrogen and oxygen atoms in total. The van der Waals surface area contributed by atoms with E-state index < -0.39 is 0 Å². The zero-order valence-corrected chi connectivity index (χ0v) is 12.7. The molecular formula is C16H21FN2O3. The van der Waals surface area contributed by atoms with Crippen LogP contribution >= 0.6 is 0 Å². The molecule has 0 aliphatic carbocycles. The highest BCUT2D eigenvalue weighted by molar-refractivity contribution is 5.78. The van der Waals surface area contributed by atoms with E-state index in [0.29, 0.717) is 31.8 Å². The van der Waals surface area contributed by atoms with Crippen molar-refractivity contribution in [2.45, 2.75) is 18.7 Å². The molecule has 22 heavy (non-hydrogen) atoms. The first-order valence-electron chi connectivity index (χ1n) is 7.55. The number of hydrogen-bond acceptors (Lipinski definition) is 4. The molecule has 2 saturated heterocycles. The van der Waals surface area contributed by atoms with Gasteiger partial charge in [-0.05, 0) is 6.07 Å². The number of rotatable bonds is 5. The van der Waals surface area contributed by atoms with E-state index in [1.165, 1.54) is 6.07 Å². The lowest BCUT2D eigenvalue weighted by molar-refractivity contribution is -0.153. The monoisotopic (exact) mass is 308 g/mol. The molecule has 2 atom stereocenters. The van der Waals surface area contributed by atoms with Crippen LogP contribution in [0.3, 0.4) is 0 Å². The van der Waals surface area contributed by atoms with Crippen LogP contribution in [0.5, 0.6) is 0 Å². The summed E-state index contributed by atoms with van der Waals surface area (Å²) in [5, 5.41) is 0. The molecule has 0 unspecified atom stereocenters. The van der Waals surface area contributed by atoms with E-state index in [1.54, 1.807) is 19.2 Å². The van der Waals surface area contributed by atoms with Crippen LogP contribution in [-0.2, 0) is 20.8 Å². The average Bonchev–Trinajstić information content (AvgIpc) is 2.91. The van der Waals surface area contributed by atoms with Crippen LogP contribution in [0.4, 0.5) is 4.39 Å². The number of amides is 1. The Morgan fingerprint density at radius 3 is 2.95 bits per heavy atom. The summed E-state index contributed by atoms with van der Waals surface area (Å²) in [6.07, 6.45) is 0.00123. The first-order valence-corrected chi connectivity index (χ1v) is 7.55. The van der Waals surface area contributed by atoms with E-state index in [2.05, 4.69) is 4.90 Å². The molecule has 6 heteroatoms. The average molecular weight is 308 g/mol. The summed E-state index contributed by atoms with van der Waals surface area (Å²) >= 11 is 0. The van der Waals surface area contributed by atoms with Gasteiger partial charge < -0.3 is 14.4 Å². The predicted molar refractivity (Wildman–Crippen MR) is 78.8 cm³/mol. The molecular weight excluding hydrogens is 287 g/mol. The largest absolute Gasteiger partial charge is 0.383 e. The minimum absolute atomic E-state index is 0.00123. The molecule has 1 aromatic carbocycles. The van der Waals surface area contributed by atoms with E-state index in [4.69, 9.17) is 9.47 Å². The second-order valence-corrected chi connectivity index (χ2v) is 5.78. The van der Waals surface area contributed by atoms with Crippen molar-refractivity contribution in [3.05, 3.63) is 35.6 Å². The molecule has 120 valence electrons. The van der Waals surface area contributed by atoms with Crippen molar-refractivity contribution in [1.29, 1.82) is 0 Å². The molecule has 1 amide bonds. The van der Waals surface area contributed by atoms with Gasteiger partial charge in [-0.25, -0.2) is 4.39 Å². The van der Waals surface area contributed by atoms with Crippen LogP contribution in [0.2, 0.25) is 0 Å². The SMILES string of the molecule is COCCN1C(=O)CO[C@H]2CN(Cc3ccccc3F)C[C@@H]21. The molecule has 0 spiro atoms. The minimum Gasteiger partial charge on any atom is -0.383 e. The van der Waals surface area contributed by atoms with Crippen molar-refractivity contribution in [1.82, 2.24) is 9.80 Å². The van der Waals surface area contributed by atoms with Gasteiger partial charge in [-0.15, -0.1) is 0 Å². The molecule has 2 heterocycles. The van der Waals surface area contributed by atoms with E-state index in [-0.39, 0.29) is 30.5 Å². The Morgan fingerprint density at radius 2 is 2.18 bits per heavy atom. The molecule has 0 N–H and O–H groups in total. The van der Waals surface area contributed by atoms with Gasteiger partial charge in [0.1, 0.15) is 12.4 Å². The maximum Gasteiger partial charge on any atom is 0.249 e. The number of halogens is 1. The summed E-state index contributed by atoms with van der Waals surface area (Å²) in [5.74, 6) is -0.184. The molecule has 0 radical (unpaired) electrons. The van der Waals surface area contributed by atoms with Crippen molar-refractivity contribution >= 4 is 5.91 Å². The summed E-state index contributed by atoms with van der Waals surface area (Å²) < 4.78 is 24.5. The molecule has 3 rings (SSSR count). The van der Waals surface area contributed by atoms with Crippen LogP contribution in [0.25, 0.3) is 0 Å². The summed E-state index contributed by atoms with van der Waals surface area (Å²) in [5.41, 5.74) is 0.677. The third kappa shape index (κ3) is 3.14. The highest BCUT2D eigenvalue weighted by Gasteiger charge is 2.42. The van der Waals surface area contributed by atoms with Crippen molar-refractivity contribution in [2.24, 2.45) is 0 Å². The Hall–Kier alpha value is -1.50. The molecule has 0 saturated carbocycles. The molecule has 0 aromatic heterocycles. The topological polar surface area (TPSA) is 42.0 Å². The van der Waals surface area contributed by atoms with Gasteiger partial charge in [-0.1, -0.05) is 18.2 Å².